The van der Waals surface area contributed by atoms with Gasteiger partial charge in [-0.25, -0.2) is 4.98 Å². The molecule has 106 valence electrons. The molecule has 21 heavy (non-hydrogen) atoms. The van der Waals surface area contributed by atoms with Crippen LogP contribution in [0.1, 0.15) is 25.7 Å². The highest BCUT2D eigenvalue weighted by molar-refractivity contribution is 5.81. The molecule has 1 aliphatic carbocycles. The van der Waals surface area contributed by atoms with Crippen molar-refractivity contribution < 1.29 is 0 Å². The number of benzene rings is 2. The van der Waals surface area contributed by atoms with Gasteiger partial charge in [-0.3, -0.25) is 4.57 Å². The summed E-state index contributed by atoms with van der Waals surface area (Å²) in [7, 11) is 0. The minimum atomic E-state index is 0.560. The van der Waals surface area contributed by atoms with E-state index in [1.54, 1.807) is 0 Å². The molecule has 0 radical (unpaired) electrons. The number of aromatic nitrogens is 2. The van der Waals surface area contributed by atoms with Crippen LogP contribution in [0, 0.1) is 0 Å². The second-order valence-corrected chi connectivity index (χ2v) is 5.72. The number of nitrogens with one attached hydrogen (secondary N) is 1. The lowest BCUT2D eigenvalue weighted by Gasteiger charge is -2.15. The number of hydrogen-bond acceptors (Lipinski definition) is 2. The summed E-state index contributed by atoms with van der Waals surface area (Å²) in [6.07, 6.45) is 5.14. The van der Waals surface area contributed by atoms with Gasteiger partial charge in [-0.1, -0.05) is 43.2 Å². The van der Waals surface area contributed by atoms with Crippen LogP contribution in [0.4, 0.5) is 5.95 Å². The molecule has 3 nitrogen and oxygen atoms in total. The molecule has 1 saturated carbocycles. The van der Waals surface area contributed by atoms with Crippen LogP contribution in [0.25, 0.3) is 16.7 Å². The first kappa shape index (κ1) is 12.5. The quantitative estimate of drug-likeness (QED) is 0.770. The molecule has 1 N–H and O–H groups in total. The summed E-state index contributed by atoms with van der Waals surface area (Å²) in [5, 5.41) is 3.65. The number of imidazole rings is 1. The van der Waals surface area contributed by atoms with Crippen molar-refractivity contribution in [2.24, 2.45) is 0 Å². The maximum atomic E-state index is 4.80. The van der Waals surface area contributed by atoms with Gasteiger partial charge in [0.2, 0.25) is 5.95 Å². The Labute approximate surface area is 124 Å². The molecule has 3 heteroatoms. The Balaban J connectivity index is 1.84. The molecule has 0 bridgehead atoms. The maximum absolute atomic E-state index is 4.80. The molecule has 0 amide bonds. The first-order chi connectivity index (χ1) is 10.4. The van der Waals surface area contributed by atoms with Crippen LogP contribution in [-0.4, -0.2) is 15.6 Å². The zero-order valence-corrected chi connectivity index (χ0v) is 12.0. The molecule has 1 aliphatic rings. The third kappa shape index (κ3) is 2.29. The predicted molar refractivity (Wildman–Crippen MR) is 86.9 cm³/mol. The van der Waals surface area contributed by atoms with Crippen LogP contribution in [0.5, 0.6) is 0 Å². The molecule has 1 aromatic heterocycles. The lowest BCUT2D eigenvalue weighted by molar-refractivity contribution is 0.742. The first-order valence-electron chi connectivity index (χ1n) is 7.71. The van der Waals surface area contributed by atoms with Gasteiger partial charge in [0.25, 0.3) is 0 Å². The summed E-state index contributed by atoms with van der Waals surface area (Å²) < 4.78 is 2.23. The monoisotopic (exact) mass is 277 g/mol. The van der Waals surface area contributed by atoms with Crippen molar-refractivity contribution in [1.29, 1.82) is 0 Å². The minimum absolute atomic E-state index is 0.560. The smallest absolute Gasteiger partial charge is 0.208 e. The Morgan fingerprint density at radius 2 is 1.62 bits per heavy atom. The molecular weight excluding hydrogens is 258 g/mol. The van der Waals surface area contributed by atoms with Crippen molar-refractivity contribution in [2.75, 3.05) is 5.32 Å². The molecule has 0 saturated heterocycles. The van der Waals surface area contributed by atoms with Gasteiger partial charge >= 0.3 is 0 Å². The number of hydrogen-bond donors (Lipinski definition) is 1. The van der Waals surface area contributed by atoms with Crippen LogP contribution in [-0.2, 0) is 0 Å². The molecular formula is C18H19N3. The third-order valence-corrected chi connectivity index (χ3v) is 4.26. The highest BCUT2D eigenvalue weighted by Gasteiger charge is 2.19. The maximum Gasteiger partial charge on any atom is 0.208 e. The number of anilines is 1. The van der Waals surface area contributed by atoms with E-state index in [1.165, 1.54) is 25.7 Å². The van der Waals surface area contributed by atoms with E-state index in [1.807, 2.05) is 12.1 Å². The van der Waals surface area contributed by atoms with E-state index >= 15 is 0 Å². The average Bonchev–Trinajstić information content (AvgIpc) is 3.15. The number of nitrogens with zero attached hydrogens (tertiary/aromatic N) is 2. The largest absolute Gasteiger partial charge is 0.353 e. The van der Waals surface area contributed by atoms with Crippen LogP contribution < -0.4 is 5.32 Å². The normalized spacial score (nSPS) is 15.6. The van der Waals surface area contributed by atoms with Crippen molar-refractivity contribution in [1.82, 2.24) is 9.55 Å². The number of fused-ring (bicyclic) bond motifs is 1. The van der Waals surface area contributed by atoms with Gasteiger partial charge in [0.15, 0.2) is 0 Å². The van der Waals surface area contributed by atoms with Crippen molar-refractivity contribution in [3.8, 4) is 5.69 Å². The SMILES string of the molecule is c1ccc(-n2c(NC3CCCC3)nc3ccccc32)cc1. The van der Waals surface area contributed by atoms with Crippen molar-refractivity contribution in [3.05, 3.63) is 54.6 Å². The van der Waals surface area contributed by atoms with Crippen LogP contribution in [0.3, 0.4) is 0 Å². The fourth-order valence-electron chi connectivity index (χ4n) is 3.21. The Morgan fingerprint density at radius 3 is 2.43 bits per heavy atom. The summed E-state index contributed by atoms with van der Waals surface area (Å²) >= 11 is 0. The number of rotatable bonds is 3. The highest BCUT2D eigenvalue weighted by atomic mass is 15.2. The van der Waals surface area contributed by atoms with Gasteiger partial charge in [0, 0.05) is 11.7 Å². The Bertz CT molecular complexity index is 740. The molecule has 0 unspecified atom stereocenters. The van der Waals surface area contributed by atoms with E-state index in [0.717, 1.165) is 22.7 Å². The van der Waals surface area contributed by atoms with E-state index in [4.69, 9.17) is 4.98 Å². The number of para-hydroxylation sites is 3. The second kappa shape index (κ2) is 5.24. The Morgan fingerprint density at radius 1 is 0.905 bits per heavy atom. The Hall–Kier alpha value is -2.29. The lowest BCUT2D eigenvalue weighted by Crippen LogP contribution is -2.17. The van der Waals surface area contributed by atoms with E-state index in [0.29, 0.717) is 6.04 Å². The van der Waals surface area contributed by atoms with E-state index in [2.05, 4.69) is 52.3 Å². The highest BCUT2D eigenvalue weighted by Crippen LogP contribution is 2.27. The topological polar surface area (TPSA) is 29.9 Å². The predicted octanol–water partition coefficient (Wildman–Crippen LogP) is 4.38. The molecule has 0 spiro atoms. The summed E-state index contributed by atoms with van der Waals surface area (Å²) in [4.78, 5) is 4.80. The average molecular weight is 277 g/mol. The summed E-state index contributed by atoms with van der Waals surface area (Å²) in [6, 6.07) is 19.3. The van der Waals surface area contributed by atoms with Crippen LogP contribution >= 0.6 is 0 Å². The van der Waals surface area contributed by atoms with Gasteiger partial charge in [-0.05, 0) is 37.1 Å². The molecule has 1 fully saturated rings. The summed E-state index contributed by atoms with van der Waals surface area (Å²) in [6.45, 7) is 0. The Kier molecular flexibility index (Phi) is 3.11. The van der Waals surface area contributed by atoms with E-state index in [9.17, 15) is 0 Å². The first-order valence-corrected chi connectivity index (χ1v) is 7.71. The van der Waals surface area contributed by atoms with Crippen molar-refractivity contribution in [3.63, 3.8) is 0 Å². The van der Waals surface area contributed by atoms with Gasteiger partial charge in [-0.2, -0.15) is 0 Å². The summed E-state index contributed by atoms with van der Waals surface area (Å²) in [5.74, 6) is 0.967. The minimum Gasteiger partial charge on any atom is -0.353 e. The second-order valence-electron chi connectivity index (χ2n) is 5.72. The van der Waals surface area contributed by atoms with Crippen molar-refractivity contribution >= 4 is 17.0 Å². The van der Waals surface area contributed by atoms with Crippen molar-refractivity contribution in [2.45, 2.75) is 31.7 Å². The van der Waals surface area contributed by atoms with Gasteiger partial charge in [0.1, 0.15) is 0 Å². The molecule has 0 atom stereocenters. The third-order valence-electron chi connectivity index (χ3n) is 4.26. The van der Waals surface area contributed by atoms with Gasteiger partial charge in [-0.15, -0.1) is 0 Å². The molecule has 3 aromatic rings. The molecule has 1 heterocycles. The zero-order valence-electron chi connectivity index (χ0n) is 12.0. The lowest BCUT2D eigenvalue weighted by atomic mass is 10.2. The van der Waals surface area contributed by atoms with Gasteiger partial charge < -0.3 is 5.32 Å². The molecule has 2 aromatic carbocycles. The van der Waals surface area contributed by atoms with Crippen LogP contribution in [0.15, 0.2) is 54.6 Å². The van der Waals surface area contributed by atoms with Gasteiger partial charge in [0.05, 0.1) is 11.0 Å². The molecule has 4 rings (SSSR count). The zero-order chi connectivity index (χ0) is 14.1. The van der Waals surface area contributed by atoms with Crippen LogP contribution in [0.2, 0.25) is 0 Å². The van der Waals surface area contributed by atoms with E-state index in [-0.39, 0.29) is 0 Å². The summed E-state index contributed by atoms with van der Waals surface area (Å²) in [5.41, 5.74) is 3.36. The standard InChI is InChI=1S/C18H19N3/c1-2-10-15(11-3-1)21-17-13-7-6-12-16(17)20-18(21)19-14-8-4-5-9-14/h1-3,6-7,10-14H,4-5,8-9H2,(H,19,20). The fourth-order valence-corrected chi connectivity index (χ4v) is 3.21. The fraction of sp³-hybridized carbons (Fsp3) is 0.278. The van der Waals surface area contributed by atoms with E-state index < -0.39 is 0 Å². The molecule has 0 aliphatic heterocycles.